The first kappa shape index (κ1) is 32.1. The number of rotatable bonds is 19. The lowest BCUT2D eigenvalue weighted by molar-refractivity contribution is -0.155. The van der Waals surface area contributed by atoms with Crippen molar-refractivity contribution in [2.75, 3.05) is 11.5 Å². The molecule has 13 nitrogen and oxygen atoms in total. The van der Waals surface area contributed by atoms with Crippen molar-refractivity contribution in [3.05, 3.63) is 0 Å². The van der Waals surface area contributed by atoms with Crippen LogP contribution in [0.15, 0.2) is 0 Å². The van der Waals surface area contributed by atoms with E-state index in [4.69, 9.17) is 21.7 Å². The van der Waals surface area contributed by atoms with Crippen molar-refractivity contribution in [1.29, 1.82) is 0 Å². The number of hydrogen-bond acceptors (Lipinski definition) is 8. The van der Waals surface area contributed by atoms with Gasteiger partial charge < -0.3 is 37.0 Å². The SMILES string of the molecule is CCCCCCC(=O)N([C@H](CCC(N)=O)C(=O)O)[C@H](CSC[C@H](N)C(=O)O)C(=O)N[C@H](C)C(=O)O. The van der Waals surface area contributed by atoms with Crippen LogP contribution in [0.5, 0.6) is 0 Å². The minimum atomic E-state index is -1.59. The van der Waals surface area contributed by atoms with Gasteiger partial charge in [-0.3, -0.25) is 24.0 Å². The summed E-state index contributed by atoms with van der Waals surface area (Å²) in [6, 6.07) is -5.67. The topological polar surface area (TPSA) is 230 Å². The molecule has 0 unspecified atom stereocenters. The molecule has 0 bridgehead atoms. The lowest BCUT2D eigenvalue weighted by atomic mass is 10.0. The predicted molar refractivity (Wildman–Crippen MR) is 127 cm³/mol. The Bertz CT molecular complexity index is 765. The van der Waals surface area contributed by atoms with Gasteiger partial charge in [-0.05, 0) is 19.8 Å². The average molecular weight is 521 g/mol. The van der Waals surface area contributed by atoms with Crippen LogP contribution in [-0.2, 0) is 28.8 Å². The van der Waals surface area contributed by atoms with E-state index in [0.717, 1.165) is 29.5 Å². The van der Waals surface area contributed by atoms with Gasteiger partial charge in [0.05, 0.1) is 0 Å². The molecule has 0 aromatic carbocycles. The van der Waals surface area contributed by atoms with E-state index in [1.54, 1.807) is 0 Å². The van der Waals surface area contributed by atoms with Gasteiger partial charge in [0.25, 0.3) is 0 Å². The molecule has 4 atom stereocenters. The fourth-order valence-electron chi connectivity index (χ4n) is 3.09. The van der Waals surface area contributed by atoms with Crippen LogP contribution >= 0.6 is 11.8 Å². The fraction of sp³-hybridized carbons (Fsp3) is 0.714. The molecule has 0 aromatic heterocycles. The second kappa shape index (κ2) is 16.7. The van der Waals surface area contributed by atoms with Crippen LogP contribution in [0.25, 0.3) is 0 Å². The Morgan fingerprint density at radius 3 is 2.00 bits per heavy atom. The summed E-state index contributed by atoms with van der Waals surface area (Å²) in [5.74, 6) is -6.89. The lowest BCUT2D eigenvalue weighted by Crippen LogP contribution is -2.59. The molecule has 0 aliphatic heterocycles. The highest BCUT2D eigenvalue weighted by Gasteiger charge is 2.39. The normalized spacial score (nSPS) is 14.3. The van der Waals surface area contributed by atoms with E-state index in [1.807, 2.05) is 6.92 Å². The molecule has 14 heteroatoms. The van der Waals surface area contributed by atoms with Crippen LogP contribution < -0.4 is 16.8 Å². The first-order valence-corrected chi connectivity index (χ1v) is 12.4. The Balaban J connectivity index is 6.14. The summed E-state index contributed by atoms with van der Waals surface area (Å²) in [5, 5.41) is 30.2. The van der Waals surface area contributed by atoms with Gasteiger partial charge in [-0.2, -0.15) is 11.8 Å². The zero-order valence-corrected chi connectivity index (χ0v) is 20.8. The molecule has 0 saturated carbocycles. The zero-order valence-electron chi connectivity index (χ0n) is 20.0. The van der Waals surface area contributed by atoms with Crippen molar-refractivity contribution >= 4 is 47.4 Å². The molecule has 0 rings (SSSR count). The number of primary amides is 1. The van der Waals surface area contributed by atoms with E-state index in [2.05, 4.69) is 5.32 Å². The van der Waals surface area contributed by atoms with Gasteiger partial charge in [-0.15, -0.1) is 0 Å². The van der Waals surface area contributed by atoms with Crippen molar-refractivity contribution in [3.63, 3.8) is 0 Å². The Labute approximate surface area is 208 Å². The molecule has 0 saturated heterocycles. The van der Waals surface area contributed by atoms with Crippen molar-refractivity contribution in [1.82, 2.24) is 10.2 Å². The third-order valence-corrected chi connectivity index (χ3v) is 6.22. The molecular formula is C21H36N4O9S. The molecule has 8 N–H and O–H groups in total. The Kier molecular flexibility index (Phi) is 15.3. The summed E-state index contributed by atoms with van der Waals surface area (Å²) in [5.41, 5.74) is 10.6. The van der Waals surface area contributed by atoms with Crippen molar-refractivity contribution in [2.24, 2.45) is 11.5 Å². The molecular weight excluding hydrogens is 484 g/mol. The number of thioether (sulfide) groups is 1. The highest BCUT2D eigenvalue weighted by Crippen LogP contribution is 2.20. The maximum atomic E-state index is 13.2. The van der Waals surface area contributed by atoms with Crippen LogP contribution in [0.2, 0.25) is 0 Å². The molecule has 35 heavy (non-hydrogen) atoms. The molecule has 0 aliphatic rings. The van der Waals surface area contributed by atoms with E-state index in [1.165, 1.54) is 6.92 Å². The van der Waals surface area contributed by atoms with E-state index in [0.29, 0.717) is 12.8 Å². The summed E-state index contributed by atoms with van der Waals surface area (Å²) in [4.78, 5) is 72.7. The Morgan fingerprint density at radius 2 is 1.51 bits per heavy atom. The summed E-state index contributed by atoms with van der Waals surface area (Å²) in [6.07, 6.45) is 2.08. The number of amides is 3. The minimum Gasteiger partial charge on any atom is -0.480 e. The van der Waals surface area contributed by atoms with Gasteiger partial charge in [-0.1, -0.05) is 26.2 Å². The summed E-state index contributed by atoms with van der Waals surface area (Å²) in [6.45, 7) is 3.17. The standard InChI is InChI=1S/C21H36N4O9S/c1-3-4-5-6-7-17(27)25(14(21(33)34)8-9-16(23)26)15(11-35-10-13(22)20(31)32)18(28)24-12(2)19(29)30/h12-15H,3-11,22H2,1-2H3,(H2,23,26)(H,24,28)(H,29,30)(H,31,32)(H,33,34)/t12-,13+,14-,15-/m1/s1. The van der Waals surface area contributed by atoms with Crippen LogP contribution in [0.4, 0.5) is 0 Å². The largest absolute Gasteiger partial charge is 0.480 e. The van der Waals surface area contributed by atoms with E-state index in [-0.39, 0.29) is 30.8 Å². The predicted octanol–water partition coefficient (Wildman–Crippen LogP) is -0.393. The van der Waals surface area contributed by atoms with Crippen molar-refractivity contribution < 1.29 is 44.1 Å². The number of carbonyl (C=O) groups excluding carboxylic acids is 3. The van der Waals surface area contributed by atoms with Gasteiger partial charge in [-0.25, -0.2) is 4.79 Å². The quantitative estimate of drug-likeness (QED) is 0.120. The number of carboxylic acids is 3. The van der Waals surface area contributed by atoms with Crippen LogP contribution in [0, 0.1) is 0 Å². The third kappa shape index (κ3) is 12.4. The van der Waals surface area contributed by atoms with E-state index in [9.17, 15) is 33.9 Å². The molecule has 0 radical (unpaired) electrons. The molecule has 0 spiro atoms. The maximum absolute atomic E-state index is 13.2. The maximum Gasteiger partial charge on any atom is 0.326 e. The van der Waals surface area contributed by atoms with Gasteiger partial charge in [0.1, 0.15) is 24.2 Å². The van der Waals surface area contributed by atoms with Crippen LogP contribution in [0.1, 0.15) is 58.8 Å². The minimum absolute atomic E-state index is 0.0715. The second-order valence-electron chi connectivity index (χ2n) is 8.04. The van der Waals surface area contributed by atoms with Gasteiger partial charge in [0.2, 0.25) is 17.7 Å². The molecule has 0 heterocycles. The summed E-state index contributed by atoms with van der Waals surface area (Å²) >= 11 is 0.900. The van der Waals surface area contributed by atoms with E-state index >= 15 is 0 Å². The highest BCUT2D eigenvalue weighted by atomic mass is 32.2. The van der Waals surface area contributed by atoms with E-state index < -0.39 is 59.8 Å². The number of carbonyl (C=O) groups is 6. The number of nitrogens with zero attached hydrogens (tertiary/aromatic N) is 1. The van der Waals surface area contributed by atoms with Crippen molar-refractivity contribution in [3.8, 4) is 0 Å². The van der Waals surface area contributed by atoms with Gasteiger partial charge in [0.15, 0.2) is 0 Å². The number of hydrogen-bond donors (Lipinski definition) is 6. The first-order chi connectivity index (χ1) is 16.3. The molecule has 200 valence electrons. The molecule has 3 amide bonds. The fourth-order valence-corrected chi connectivity index (χ4v) is 4.16. The summed E-state index contributed by atoms with van der Waals surface area (Å²) < 4.78 is 0. The highest BCUT2D eigenvalue weighted by molar-refractivity contribution is 7.99. The Hall–Kier alpha value is -2.87. The van der Waals surface area contributed by atoms with Crippen molar-refractivity contribution in [2.45, 2.75) is 83.0 Å². The monoisotopic (exact) mass is 520 g/mol. The number of unbranched alkanes of at least 4 members (excludes halogenated alkanes) is 3. The first-order valence-electron chi connectivity index (χ1n) is 11.2. The second-order valence-corrected chi connectivity index (χ2v) is 9.11. The van der Waals surface area contributed by atoms with Gasteiger partial charge in [0, 0.05) is 24.3 Å². The molecule has 0 aromatic rings. The third-order valence-electron chi connectivity index (χ3n) is 5.08. The van der Waals surface area contributed by atoms with Crippen LogP contribution in [0.3, 0.4) is 0 Å². The lowest BCUT2D eigenvalue weighted by Gasteiger charge is -2.36. The zero-order chi connectivity index (χ0) is 27.1. The Morgan fingerprint density at radius 1 is 0.886 bits per heavy atom. The smallest absolute Gasteiger partial charge is 0.326 e. The number of carboxylic acid groups (broad SMARTS) is 3. The average Bonchev–Trinajstić information content (AvgIpc) is 2.76. The van der Waals surface area contributed by atoms with Gasteiger partial charge >= 0.3 is 17.9 Å². The number of nitrogens with one attached hydrogen (secondary N) is 1. The number of aliphatic carboxylic acids is 3. The van der Waals surface area contributed by atoms with Crippen LogP contribution in [-0.4, -0.2) is 91.5 Å². The summed E-state index contributed by atoms with van der Waals surface area (Å²) in [7, 11) is 0. The number of nitrogens with two attached hydrogens (primary N) is 2. The molecule has 0 aliphatic carbocycles. The molecule has 0 fully saturated rings.